The van der Waals surface area contributed by atoms with Crippen molar-refractivity contribution in [2.75, 3.05) is 11.9 Å². The highest BCUT2D eigenvalue weighted by Gasteiger charge is 2.38. The molecule has 1 aromatic rings. The van der Waals surface area contributed by atoms with E-state index in [1.54, 1.807) is 11.8 Å². The number of nitrogens with zero attached hydrogens (tertiary/aromatic N) is 1. The molecule has 6 heteroatoms. The van der Waals surface area contributed by atoms with Crippen LogP contribution in [0.2, 0.25) is 0 Å². The number of likely N-dealkylation sites (tertiary alicyclic amines) is 1. The van der Waals surface area contributed by atoms with Gasteiger partial charge in [-0.05, 0) is 53.9 Å². The van der Waals surface area contributed by atoms with Crippen molar-refractivity contribution < 1.29 is 14.7 Å². The first kappa shape index (κ1) is 14.8. The second-order valence-corrected chi connectivity index (χ2v) is 5.94. The molecule has 20 heavy (non-hydrogen) atoms. The molecule has 2 N–H and O–H groups in total. The number of hydrogen-bond acceptors (Lipinski definition) is 2. The molecule has 2 unspecified atom stereocenters. The fourth-order valence-electron chi connectivity index (χ4n) is 2.48. The van der Waals surface area contributed by atoms with E-state index in [2.05, 4.69) is 21.2 Å². The number of carboxylic acid groups (broad SMARTS) is 1. The van der Waals surface area contributed by atoms with E-state index in [4.69, 9.17) is 5.11 Å². The number of halogens is 1. The predicted octanol–water partition coefficient (Wildman–Crippen LogP) is 3.08. The average molecular weight is 341 g/mol. The lowest BCUT2D eigenvalue weighted by Crippen LogP contribution is -2.40. The van der Waals surface area contributed by atoms with Gasteiger partial charge in [-0.1, -0.05) is 6.07 Å². The smallest absolute Gasteiger partial charge is 0.322 e. The van der Waals surface area contributed by atoms with Crippen LogP contribution in [0.5, 0.6) is 0 Å². The lowest BCUT2D eigenvalue weighted by Gasteiger charge is -2.24. The number of urea groups is 1. The Bertz CT molecular complexity index is 547. The molecular formula is C14H17BrN2O3. The average Bonchev–Trinajstić information content (AvgIpc) is 2.76. The van der Waals surface area contributed by atoms with E-state index in [9.17, 15) is 9.59 Å². The normalized spacial score (nSPS) is 21.9. The van der Waals surface area contributed by atoms with E-state index < -0.39 is 11.9 Å². The van der Waals surface area contributed by atoms with Crippen LogP contribution in [0.15, 0.2) is 22.7 Å². The van der Waals surface area contributed by atoms with Crippen LogP contribution in [0.1, 0.15) is 18.9 Å². The molecule has 1 aromatic carbocycles. The third kappa shape index (κ3) is 2.95. The molecule has 0 aliphatic carbocycles. The zero-order valence-electron chi connectivity index (χ0n) is 11.4. The Morgan fingerprint density at radius 3 is 2.75 bits per heavy atom. The molecule has 2 atom stereocenters. The fourth-order valence-corrected chi connectivity index (χ4v) is 2.82. The minimum Gasteiger partial charge on any atom is -0.481 e. The van der Waals surface area contributed by atoms with Gasteiger partial charge in [-0.3, -0.25) is 4.79 Å². The number of amides is 2. The number of anilines is 1. The van der Waals surface area contributed by atoms with Gasteiger partial charge in [0.05, 0.1) is 11.6 Å². The largest absolute Gasteiger partial charge is 0.481 e. The Hall–Kier alpha value is -1.56. The number of carbonyl (C=O) groups is 2. The number of carboxylic acids is 1. The zero-order chi connectivity index (χ0) is 14.9. The summed E-state index contributed by atoms with van der Waals surface area (Å²) in [4.78, 5) is 24.9. The second kappa shape index (κ2) is 5.83. The first-order chi connectivity index (χ1) is 9.40. The van der Waals surface area contributed by atoms with E-state index in [1.807, 2.05) is 25.1 Å². The highest BCUT2D eigenvalue weighted by molar-refractivity contribution is 9.10. The minimum atomic E-state index is -0.843. The van der Waals surface area contributed by atoms with Crippen LogP contribution in [-0.2, 0) is 4.79 Å². The van der Waals surface area contributed by atoms with Crippen LogP contribution < -0.4 is 5.32 Å². The Morgan fingerprint density at radius 2 is 2.15 bits per heavy atom. The predicted molar refractivity (Wildman–Crippen MR) is 79.8 cm³/mol. The molecule has 2 amide bonds. The maximum absolute atomic E-state index is 12.3. The molecule has 1 fully saturated rings. The van der Waals surface area contributed by atoms with E-state index >= 15 is 0 Å². The second-order valence-electron chi connectivity index (χ2n) is 5.08. The van der Waals surface area contributed by atoms with Crippen molar-refractivity contribution in [2.24, 2.45) is 5.92 Å². The van der Waals surface area contributed by atoms with Crippen molar-refractivity contribution in [1.82, 2.24) is 4.90 Å². The van der Waals surface area contributed by atoms with Crippen LogP contribution >= 0.6 is 15.9 Å². The molecule has 1 aliphatic rings. The summed E-state index contributed by atoms with van der Waals surface area (Å²) < 4.78 is 0.804. The maximum Gasteiger partial charge on any atom is 0.322 e. The van der Waals surface area contributed by atoms with E-state index in [0.29, 0.717) is 18.7 Å². The Morgan fingerprint density at radius 1 is 1.45 bits per heavy atom. The molecule has 0 aromatic heterocycles. The number of rotatable bonds is 2. The Kier molecular flexibility index (Phi) is 4.32. The van der Waals surface area contributed by atoms with E-state index in [1.165, 1.54) is 0 Å². The summed E-state index contributed by atoms with van der Waals surface area (Å²) in [6.45, 7) is 4.19. The molecule has 0 bridgehead atoms. The summed E-state index contributed by atoms with van der Waals surface area (Å²) in [5, 5.41) is 11.9. The number of aryl methyl sites for hydroxylation is 1. The number of aliphatic carboxylic acids is 1. The Balaban J connectivity index is 2.09. The first-order valence-corrected chi connectivity index (χ1v) is 7.26. The van der Waals surface area contributed by atoms with Crippen molar-refractivity contribution in [1.29, 1.82) is 0 Å². The lowest BCUT2D eigenvalue weighted by atomic mass is 10.0. The molecule has 1 heterocycles. The Labute approximate surface area is 126 Å². The summed E-state index contributed by atoms with van der Waals surface area (Å²) >= 11 is 3.39. The van der Waals surface area contributed by atoms with Crippen LogP contribution in [0, 0.1) is 12.8 Å². The fraction of sp³-hybridized carbons (Fsp3) is 0.429. The van der Waals surface area contributed by atoms with Gasteiger partial charge in [0, 0.05) is 17.1 Å². The number of nitrogens with one attached hydrogen (secondary N) is 1. The zero-order valence-corrected chi connectivity index (χ0v) is 13.0. The van der Waals surface area contributed by atoms with E-state index in [0.717, 1.165) is 10.0 Å². The molecule has 1 saturated heterocycles. The molecule has 5 nitrogen and oxygen atoms in total. The van der Waals surface area contributed by atoms with Gasteiger partial charge in [-0.15, -0.1) is 0 Å². The number of benzene rings is 1. The van der Waals surface area contributed by atoms with Gasteiger partial charge in [-0.25, -0.2) is 4.79 Å². The van der Waals surface area contributed by atoms with Crippen LogP contribution in [0.4, 0.5) is 10.5 Å². The van der Waals surface area contributed by atoms with Crippen LogP contribution in [0.3, 0.4) is 0 Å². The highest BCUT2D eigenvalue weighted by Crippen LogP contribution is 2.27. The van der Waals surface area contributed by atoms with Crippen molar-refractivity contribution in [3.8, 4) is 0 Å². The molecule has 0 saturated carbocycles. The molecular weight excluding hydrogens is 324 g/mol. The van der Waals surface area contributed by atoms with E-state index in [-0.39, 0.29) is 12.1 Å². The lowest BCUT2D eigenvalue weighted by molar-refractivity contribution is -0.142. The number of carbonyl (C=O) groups excluding carboxylic acids is 1. The van der Waals surface area contributed by atoms with Gasteiger partial charge >= 0.3 is 12.0 Å². The van der Waals surface area contributed by atoms with Crippen molar-refractivity contribution in [3.63, 3.8) is 0 Å². The molecule has 0 radical (unpaired) electrons. The molecule has 0 spiro atoms. The maximum atomic E-state index is 12.3. The van der Waals surface area contributed by atoms with Crippen LogP contribution in [-0.4, -0.2) is 34.6 Å². The third-order valence-electron chi connectivity index (χ3n) is 3.70. The van der Waals surface area contributed by atoms with Crippen LogP contribution in [0.25, 0.3) is 0 Å². The molecule has 108 valence electrons. The summed E-state index contributed by atoms with van der Waals surface area (Å²) in [7, 11) is 0. The standard InChI is InChI=1S/C14H17BrN2O3/c1-8-3-4-11(15)12(7-8)16-14(20)17-6-5-10(9(17)2)13(18)19/h3-4,7,9-10H,5-6H2,1-2H3,(H,16,20)(H,18,19). The van der Waals surface area contributed by atoms with Gasteiger partial charge in [0.2, 0.25) is 0 Å². The van der Waals surface area contributed by atoms with Crippen molar-refractivity contribution in [2.45, 2.75) is 26.3 Å². The topological polar surface area (TPSA) is 69.6 Å². The summed E-state index contributed by atoms with van der Waals surface area (Å²) in [5.41, 5.74) is 1.74. The van der Waals surface area contributed by atoms with Gasteiger partial charge in [-0.2, -0.15) is 0 Å². The minimum absolute atomic E-state index is 0.257. The first-order valence-electron chi connectivity index (χ1n) is 6.46. The monoisotopic (exact) mass is 340 g/mol. The quantitative estimate of drug-likeness (QED) is 0.869. The number of hydrogen-bond donors (Lipinski definition) is 2. The molecule has 1 aliphatic heterocycles. The van der Waals surface area contributed by atoms with Gasteiger partial charge in [0.15, 0.2) is 0 Å². The van der Waals surface area contributed by atoms with Crippen molar-refractivity contribution in [3.05, 3.63) is 28.2 Å². The summed E-state index contributed by atoms with van der Waals surface area (Å²) in [5.74, 6) is -1.33. The summed E-state index contributed by atoms with van der Waals surface area (Å²) in [6.07, 6.45) is 0.499. The van der Waals surface area contributed by atoms with Gasteiger partial charge in [0.1, 0.15) is 0 Å². The van der Waals surface area contributed by atoms with Crippen molar-refractivity contribution >= 4 is 33.6 Å². The SMILES string of the molecule is Cc1ccc(Br)c(NC(=O)N2CCC(C(=O)O)C2C)c1. The highest BCUT2D eigenvalue weighted by atomic mass is 79.9. The van der Waals surface area contributed by atoms with Gasteiger partial charge < -0.3 is 15.3 Å². The third-order valence-corrected chi connectivity index (χ3v) is 4.39. The summed E-state index contributed by atoms with van der Waals surface area (Å²) in [6, 6.07) is 5.14. The molecule has 2 rings (SSSR count). The van der Waals surface area contributed by atoms with Gasteiger partial charge in [0.25, 0.3) is 0 Å².